The fourth-order valence-corrected chi connectivity index (χ4v) is 2.25. The average Bonchev–Trinajstić information content (AvgIpc) is 2.47. The number of benzene rings is 2. The normalized spacial score (nSPS) is 10.4. The number of para-hydroxylation sites is 1. The summed E-state index contributed by atoms with van der Waals surface area (Å²) in [5.74, 6) is 1.84. The molecule has 0 fully saturated rings. The molecule has 1 N–H and O–H groups in total. The average molecular weight is 285 g/mol. The van der Waals surface area contributed by atoms with Gasteiger partial charge in [-0.15, -0.1) is 0 Å². The molecule has 0 aliphatic rings. The Kier molecular flexibility index (Phi) is 5.64. The van der Waals surface area contributed by atoms with Crippen molar-refractivity contribution in [1.82, 2.24) is 5.32 Å². The Labute approximate surface area is 126 Å². The summed E-state index contributed by atoms with van der Waals surface area (Å²) in [4.78, 5) is 0. The molecule has 0 aliphatic heterocycles. The van der Waals surface area contributed by atoms with Gasteiger partial charge in [0.1, 0.15) is 24.7 Å². The summed E-state index contributed by atoms with van der Waals surface area (Å²) in [7, 11) is 1.93. The Hall–Kier alpha value is -2.00. The molecule has 0 saturated carbocycles. The Morgan fingerprint density at radius 3 is 2.33 bits per heavy atom. The van der Waals surface area contributed by atoms with E-state index in [-0.39, 0.29) is 0 Å². The topological polar surface area (TPSA) is 30.5 Å². The molecule has 2 aromatic carbocycles. The summed E-state index contributed by atoms with van der Waals surface area (Å²) in [6, 6.07) is 14.3. The van der Waals surface area contributed by atoms with Crippen LogP contribution < -0.4 is 14.8 Å². The molecule has 0 amide bonds. The Morgan fingerprint density at radius 2 is 1.62 bits per heavy atom. The van der Waals surface area contributed by atoms with E-state index in [9.17, 15) is 0 Å². The lowest BCUT2D eigenvalue weighted by Crippen LogP contribution is -2.12. The van der Waals surface area contributed by atoms with Crippen LogP contribution >= 0.6 is 0 Å². The van der Waals surface area contributed by atoms with Crippen LogP contribution in [0.15, 0.2) is 42.5 Å². The molecule has 3 heteroatoms. The van der Waals surface area contributed by atoms with Gasteiger partial charge in [-0.05, 0) is 38.6 Å². The zero-order chi connectivity index (χ0) is 15.1. The lowest BCUT2D eigenvalue weighted by molar-refractivity contribution is 0.215. The quantitative estimate of drug-likeness (QED) is 0.790. The van der Waals surface area contributed by atoms with Gasteiger partial charge < -0.3 is 14.8 Å². The first-order chi connectivity index (χ1) is 10.2. The third-order valence-corrected chi connectivity index (χ3v) is 3.27. The summed E-state index contributed by atoms with van der Waals surface area (Å²) in [6.07, 6.45) is 0. The lowest BCUT2D eigenvalue weighted by atomic mass is 10.1. The van der Waals surface area contributed by atoms with E-state index in [1.165, 1.54) is 5.56 Å². The molecule has 2 aromatic rings. The second-order valence-corrected chi connectivity index (χ2v) is 5.10. The van der Waals surface area contributed by atoms with E-state index >= 15 is 0 Å². The second-order valence-electron chi connectivity index (χ2n) is 5.10. The molecular weight excluding hydrogens is 262 g/mol. The van der Waals surface area contributed by atoms with Gasteiger partial charge in [-0.2, -0.15) is 0 Å². The summed E-state index contributed by atoms with van der Waals surface area (Å²) in [5, 5.41) is 3.14. The van der Waals surface area contributed by atoms with E-state index in [1.54, 1.807) is 0 Å². The highest BCUT2D eigenvalue weighted by Gasteiger charge is 2.03. The molecule has 0 saturated heterocycles. The van der Waals surface area contributed by atoms with Gasteiger partial charge in [0.05, 0.1) is 0 Å². The van der Waals surface area contributed by atoms with Gasteiger partial charge in [0.15, 0.2) is 0 Å². The minimum atomic E-state index is 0.536. The van der Waals surface area contributed by atoms with Crippen molar-refractivity contribution in [1.29, 1.82) is 0 Å². The maximum Gasteiger partial charge on any atom is 0.123 e. The molecule has 2 rings (SSSR count). The molecule has 0 radical (unpaired) electrons. The van der Waals surface area contributed by atoms with Crippen LogP contribution in [0, 0.1) is 13.8 Å². The molecule has 0 bridgehead atoms. The SMILES string of the molecule is CNCc1ccccc1OCCOc1ccc(C)cc1C. The van der Waals surface area contributed by atoms with E-state index in [1.807, 2.05) is 31.3 Å². The van der Waals surface area contributed by atoms with E-state index in [0.717, 1.165) is 29.2 Å². The third kappa shape index (κ3) is 4.50. The van der Waals surface area contributed by atoms with Gasteiger partial charge >= 0.3 is 0 Å². The van der Waals surface area contributed by atoms with Crippen molar-refractivity contribution < 1.29 is 9.47 Å². The van der Waals surface area contributed by atoms with E-state index in [4.69, 9.17) is 9.47 Å². The summed E-state index contributed by atoms with van der Waals surface area (Å²) in [5.41, 5.74) is 3.56. The monoisotopic (exact) mass is 285 g/mol. The summed E-state index contributed by atoms with van der Waals surface area (Å²) < 4.78 is 11.6. The number of hydrogen-bond donors (Lipinski definition) is 1. The molecule has 0 atom stereocenters. The van der Waals surface area contributed by atoms with Gasteiger partial charge in [-0.1, -0.05) is 35.9 Å². The predicted molar refractivity (Wildman–Crippen MR) is 86.1 cm³/mol. The van der Waals surface area contributed by atoms with Crippen LogP contribution in [-0.4, -0.2) is 20.3 Å². The molecule has 3 nitrogen and oxygen atoms in total. The zero-order valence-electron chi connectivity index (χ0n) is 13.0. The number of nitrogens with one attached hydrogen (secondary N) is 1. The maximum atomic E-state index is 5.81. The highest BCUT2D eigenvalue weighted by Crippen LogP contribution is 2.20. The van der Waals surface area contributed by atoms with Crippen LogP contribution in [0.1, 0.15) is 16.7 Å². The van der Waals surface area contributed by atoms with Crippen molar-refractivity contribution in [3.05, 3.63) is 59.2 Å². The van der Waals surface area contributed by atoms with Gasteiger partial charge in [-0.25, -0.2) is 0 Å². The van der Waals surface area contributed by atoms with E-state index in [0.29, 0.717) is 13.2 Å². The van der Waals surface area contributed by atoms with Gasteiger partial charge in [0, 0.05) is 12.1 Å². The highest BCUT2D eigenvalue weighted by atomic mass is 16.5. The fourth-order valence-electron chi connectivity index (χ4n) is 2.25. The Balaban J connectivity index is 1.84. The number of ether oxygens (including phenoxy) is 2. The lowest BCUT2D eigenvalue weighted by Gasteiger charge is -2.13. The Morgan fingerprint density at radius 1 is 0.905 bits per heavy atom. The molecular formula is C18H23NO2. The van der Waals surface area contributed by atoms with Crippen molar-refractivity contribution in [3.63, 3.8) is 0 Å². The first-order valence-electron chi connectivity index (χ1n) is 7.26. The van der Waals surface area contributed by atoms with E-state index in [2.05, 4.69) is 37.4 Å². The minimum Gasteiger partial charge on any atom is -0.490 e. The Bertz CT molecular complexity index is 581. The standard InChI is InChI=1S/C18H23NO2/c1-14-8-9-17(15(2)12-14)20-10-11-21-18-7-5-4-6-16(18)13-19-3/h4-9,12,19H,10-11,13H2,1-3H3. The molecule has 0 heterocycles. The van der Waals surface area contributed by atoms with Gasteiger partial charge in [0.25, 0.3) is 0 Å². The zero-order valence-corrected chi connectivity index (χ0v) is 13.0. The number of aryl methyl sites for hydroxylation is 2. The number of hydrogen-bond acceptors (Lipinski definition) is 3. The van der Waals surface area contributed by atoms with Crippen molar-refractivity contribution in [3.8, 4) is 11.5 Å². The van der Waals surface area contributed by atoms with Crippen molar-refractivity contribution in [2.24, 2.45) is 0 Å². The van der Waals surface area contributed by atoms with Crippen LogP contribution in [0.4, 0.5) is 0 Å². The summed E-state index contributed by atoms with van der Waals surface area (Å²) in [6.45, 7) is 6.02. The largest absolute Gasteiger partial charge is 0.490 e. The summed E-state index contributed by atoms with van der Waals surface area (Å²) >= 11 is 0. The molecule has 0 unspecified atom stereocenters. The maximum absolute atomic E-state index is 5.81. The first-order valence-corrected chi connectivity index (χ1v) is 7.26. The van der Waals surface area contributed by atoms with Gasteiger partial charge in [-0.3, -0.25) is 0 Å². The molecule has 112 valence electrons. The molecule has 0 spiro atoms. The van der Waals surface area contributed by atoms with Gasteiger partial charge in [0.2, 0.25) is 0 Å². The molecule has 21 heavy (non-hydrogen) atoms. The molecule has 0 aliphatic carbocycles. The van der Waals surface area contributed by atoms with Crippen molar-refractivity contribution >= 4 is 0 Å². The van der Waals surface area contributed by atoms with Crippen LogP contribution in [0.3, 0.4) is 0 Å². The van der Waals surface area contributed by atoms with Crippen LogP contribution in [-0.2, 0) is 6.54 Å². The third-order valence-electron chi connectivity index (χ3n) is 3.27. The van der Waals surface area contributed by atoms with Crippen molar-refractivity contribution in [2.45, 2.75) is 20.4 Å². The van der Waals surface area contributed by atoms with Crippen LogP contribution in [0.25, 0.3) is 0 Å². The predicted octanol–water partition coefficient (Wildman–Crippen LogP) is 3.48. The van der Waals surface area contributed by atoms with E-state index < -0.39 is 0 Å². The number of rotatable bonds is 7. The van der Waals surface area contributed by atoms with Crippen molar-refractivity contribution in [2.75, 3.05) is 20.3 Å². The smallest absolute Gasteiger partial charge is 0.123 e. The first kappa shape index (κ1) is 15.4. The molecule has 0 aromatic heterocycles. The second kappa shape index (κ2) is 7.70. The van der Waals surface area contributed by atoms with Crippen LogP contribution in [0.2, 0.25) is 0 Å². The highest BCUT2D eigenvalue weighted by molar-refractivity contribution is 5.35. The fraction of sp³-hybridized carbons (Fsp3) is 0.333. The minimum absolute atomic E-state index is 0.536. The van der Waals surface area contributed by atoms with Crippen LogP contribution in [0.5, 0.6) is 11.5 Å².